The van der Waals surface area contributed by atoms with Gasteiger partial charge in [0.25, 0.3) is 0 Å². The van der Waals surface area contributed by atoms with E-state index in [9.17, 15) is 0 Å². The fourth-order valence-corrected chi connectivity index (χ4v) is 2.22. The van der Waals surface area contributed by atoms with Crippen molar-refractivity contribution in [1.29, 1.82) is 0 Å². The van der Waals surface area contributed by atoms with Crippen LogP contribution in [0.4, 0.5) is 5.69 Å². The maximum atomic E-state index is 5.84. The third kappa shape index (κ3) is 2.32. The molecular formula is C15H12BrN3O. The number of halogens is 1. The molecule has 2 N–H and O–H groups in total. The van der Waals surface area contributed by atoms with E-state index in [1.165, 1.54) is 0 Å². The van der Waals surface area contributed by atoms with Crippen LogP contribution in [0.5, 0.6) is 11.6 Å². The van der Waals surface area contributed by atoms with E-state index in [2.05, 4.69) is 25.9 Å². The number of rotatable bonds is 2. The van der Waals surface area contributed by atoms with E-state index in [1.807, 2.05) is 43.3 Å². The molecule has 4 nitrogen and oxygen atoms in total. The van der Waals surface area contributed by atoms with Gasteiger partial charge in [-0.15, -0.1) is 0 Å². The highest BCUT2D eigenvalue weighted by atomic mass is 79.9. The number of hydrogen-bond acceptors (Lipinski definition) is 4. The van der Waals surface area contributed by atoms with Crippen molar-refractivity contribution in [2.45, 2.75) is 6.92 Å². The van der Waals surface area contributed by atoms with Gasteiger partial charge in [0.15, 0.2) is 0 Å². The lowest BCUT2D eigenvalue weighted by molar-refractivity contribution is 0.455. The summed E-state index contributed by atoms with van der Waals surface area (Å²) in [6, 6.07) is 13.2. The summed E-state index contributed by atoms with van der Waals surface area (Å²) >= 11 is 3.41. The molecule has 1 heterocycles. The van der Waals surface area contributed by atoms with E-state index in [0.29, 0.717) is 21.8 Å². The topological polar surface area (TPSA) is 61.0 Å². The van der Waals surface area contributed by atoms with Gasteiger partial charge < -0.3 is 10.5 Å². The highest BCUT2D eigenvalue weighted by Crippen LogP contribution is 2.34. The molecule has 0 atom stereocenters. The zero-order valence-corrected chi connectivity index (χ0v) is 12.4. The van der Waals surface area contributed by atoms with E-state index in [4.69, 9.17) is 10.5 Å². The van der Waals surface area contributed by atoms with E-state index < -0.39 is 0 Å². The Labute approximate surface area is 124 Å². The number of para-hydroxylation sites is 2. The number of benzene rings is 2. The molecule has 0 aliphatic carbocycles. The van der Waals surface area contributed by atoms with Gasteiger partial charge in [-0.1, -0.05) is 18.2 Å². The lowest BCUT2D eigenvalue weighted by Crippen LogP contribution is -1.97. The van der Waals surface area contributed by atoms with Crippen molar-refractivity contribution in [2.75, 3.05) is 5.73 Å². The lowest BCUT2D eigenvalue weighted by Gasteiger charge is -2.10. The number of anilines is 1. The molecule has 0 amide bonds. The van der Waals surface area contributed by atoms with Crippen LogP contribution in [0.25, 0.3) is 11.0 Å². The highest BCUT2D eigenvalue weighted by molar-refractivity contribution is 9.10. The summed E-state index contributed by atoms with van der Waals surface area (Å²) in [7, 11) is 0. The minimum atomic E-state index is 0.481. The summed E-state index contributed by atoms with van der Waals surface area (Å²) in [5.74, 6) is 1.10. The first kappa shape index (κ1) is 12.9. The first-order valence-electron chi connectivity index (χ1n) is 6.10. The van der Waals surface area contributed by atoms with Crippen LogP contribution in [-0.4, -0.2) is 9.97 Å². The number of aryl methyl sites for hydroxylation is 1. The van der Waals surface area contributed by atoms with Gasteiger partial charge in [0, 0.05) is 5.69 Å². The summed E-state index contributed by atoms with van der Waals surface area (Å²) < 4.78 is 6.55. The molecule has 0 fully saturated rings. The van der Waals surface area contributed by atoms with Gasteiger partial charge >= 0.3 is 0 Å². The summed E-state index contributed by atoms with van der Waals surface area (Å²) in [6.45, 7) is 1.87. The monoisotopic (exact) mass is 329 g/mol. The van der Waals surface area contributed by atoms with E-state index in [1.54, 1.807) is 6.07 Å². The van der Waals surface area contributed by atoms with Gasteiger partial charge in [0.2, 0.25) is 5.88 Å². The zero-order valence-electron chi connectivity index (χ0n) is 10.8. The van der Waals surface area contributed by atoms with E-state index >= 15 is 0 Å². The molecule has 0 aliphatic heterocycles. The highest BCUT2D eigenvalue weighted by Gasteiger charge is 2.10. The van der Waals surface area contributed by atoms with Crippen LogP contribution in [0.2, 0.25) is 0 Å². The van der Waals surface area contributed by atoms with Crippen molar-refractivity contribution < 1.29 is 4.74 Å². The van der Waals surface area contributed by atoms with Crippen LogP contribution in [0.1, 0.15) is 5.69 Å². The summed E-state index contributed by atoms with van der Waals surface area (Å²) in [6.07, 6.45) is 0. The maximum absolute atomic E-state index is 5.84. The molecule has 5 heteroatoms. The SMILES string of the molecule is Cc1nc2ccccc2nc1Oc1cccc(N)c1Br. The quantitative estimate of drug-likeness (QED) is 0.720. The van der Waals surface area contributed by atoms with Crippen molar-refractivity contribution in [1.82, 2.24) is 9.97 Å². The molecule has 0 unspecified atom stereocenters. The van der Waals surface area contributed by atoms with Crippen molar-refractivity contribution in [3.8, 4) is 11.6 Å². The van der Waals surface area contributed by atoms with Crippen molar-refractivity contribution in [2.24, 2.45) is 0 Å². The number of nitrogen functional groups attached to an aromatic ring is 1. The van der Waals surface area contributed by atoms with Crippen LogP contribution in [0.3, 0.4) is 0 Å². The summed E-state index contributed by atoms with van der Waals surface area (Å²) in [5.41, 5.74) is 8.84. The van der Waals surface area contributed by atoms with Gasteiger partial charge in [0.1, 0.15) is 11.4 Å². The number of nitrogens with two attached hydrogens (primary N) is 1. The number of aromatic nitrogens is 2. The van der Waals surface area contributed by atoms with Gasteiger partial charge in [0.05, 0.1) is 15.5 Å². The number of ether oxygens (including phenoxy) is 1. The largest absolute Gasteiger partial charge is 0.436 e. The molecule has 0 saturated carbocycles. The third-order valence-corrected chi connectivity index (χ3v) is 3.75. The van der Waals surface area contributed by atoms with Gasteiger partial charge in [-0.3, -0.25) is 0 Å². The minimum Gasteiger partial charge on any atom is -0.436 e. The predicted octanol–water partition coefficient (Wildman–Crippen LogP) is 4.08. The molecule has 2 aromatic carbocycles. The van der Waals surface area contributed by atoms with Crippen LogP contribution in [0, 0.1) is 6.92 Å². The van der Waals surface area contributed by atoms with Gasteiger partial charge in [-0.2, -0.15) is 0 Å². The Kier molecular flexibility index (Phi) is 3.28. The predicted molar refractivity (Wildman–Crippen MR) is 82.9 cm³/mol. The molecule has 0 aliphatic rings. The second-order valence-electron chi connectivity index (χ2n) is 4.36. The van der Waals surface area contributed by atoms with Crippen LogP contribution < -0.4 is 10.5 Å². The second kappa shape index (κ2) is 5.09. The maximum Gasteiger partial charge on any atom is 0.241 e. The fourth-order valence-electron chi connectivity index (χ4n) is 1.88. The summed E-state index contributed by atoms with van der Waals surface area (Å²) in [4.78, 5) is 8.98. The Morgan fingerprint density at radius 2 is 1.70 bits per heavy atom. The Balaban J connectivity index is 2.06. The average molecular weight is 330 g/mol. The third-order valence-electron chi connectivity index (χ3n) is 2.90. The van der Waals surface area contributed by atoms with Crippen LogP contribution >= 0.6 is 15.9 Å². The smallest absolute Gasteiger partial charge is 0.241 e. The normalized spacial score (nSPS) is 10.7. The zero-order chi connectivity index (χ0) is 14.1. The Bertz CT molecular complexity index is 789. The molecule has 20 heavy (non-hydrogen) atoms. The van der Waals surface area contributed by atoms with E-state index in [-0.39, 0.29) is 0 Å². The molecular weight excluding hydrogens is 318 g/mol. The molecule has 3 aromatic rings. The number of nitrogens with zero attached hydrogens (tertiary/aromatic N) is 2. The Hall–Kier alpha value is -2.14. The fraction of sp³-hybridized carbons (Fsp3) is 0.0667. The minimum absolute atomic E-state index is 0.481. The Morgan fingerprint density at radius 3 is 2.45 bits per heavy atom. The molecule has 1 aromatic heterocycles. The van der Waals surface area contributed by atoms with E-state index in [0.717, 1.165) is 16.7 Å². The first-order chi connectivity index (χ1) is 9.65. The molecule has 100 valence electrons. The van der Waals surface area contributed by atoms with Crippen molar-refractivity contribution in [3.63, 3.8) is 0 Å². The molecule has 0 spiro atoms. The molecule has 0 saturated heterocycles. The lowest BCUT2D eigenvalue weighted by atomic mass is 10.3. The van der Waals surface area contributed by atoms with Crippen molar-refractivity contribution in [3.05, 3.63) is 52.6 Å². The van der Waals surface area contributed by atoms with Gasteiger partial charge in [-0.05, 0) is 47.1 Å². The Morgan fingerprint density at radius 1 is 1.00 bits per heavy atom. The number of hydrogen-bond donors (Lipinski definition) is 1. The van der Waals surface area contributed by atoms with Crippen LogP contribution in [0.15, 0.2) is 46.9 Å². The summed E-state index contributed by atoms with van der Waals surface area (Å²) in [5, 5.41) is 0. The number of fused-ring (bicyclic) bond motifs is 1. The second-order valence-corrected chi connectivity index (χ2v) is 5.16. The van der Waals surface area contributed by atoms with Crippen LogP contribution in [-0.2, 0) is 0 Å². The molecule has 0 radical (unpaired) electrons. The molecule has 3 rings (SSSR count). The van der Waals surface area contributed by atoms with Gasteiger partial charge in [-0.25, -0.2) is 9.97 Å². The standard InChI is InChI=1S/C15H12BrN3O/c1-9-15(19-12-7-3-2-6-11(12)18-9)20-13-8-4-5-10(17)14(13)16/h2-8H,17H2,1H3. The van der Waals surface area contributed by atoms with Crippen molar-refractivity contribution >= 4 is 32.7 Å². The molecule has 0 bridgehead atoms. The average Bonchev–Trinajstić information content (AvgIpc) is 2.44. The first-order valence-corrected chi connectivity index (χ1v) is 6.89.